The molecule has 6 nitrogen and oxygen atoms in total. The molecule has 0 aliphatic heterocycles. The van der Waals surface area contributed by atoms with Crippen molar-refractivity contribution in [2.45, 2.75) is 6.92 Å². The number of halogens is 1. The molecule has 0 atom stereocenters. The second-order valence-electron chi connectivity index (χ2n) is 4.77. The molecule has 0 fully saturated rings. The Hall–Kier alpha value is -2.73. The fraction of sp³-hybridized carbons (Fsp3) is 0.0667. The Morgan fingerprint density at radius 2 is 1.91 bits per heavy atom. The first-order valence-corrected chi connectivity index (χ1v) is 6.79. The SMILES string of the molecule is Cc1nn(C(=O)c2ccc(Cl)cc2)c2cc([N+](=O)[O-])ccc12. The number of rotatable bonds is 2. The van der Waals surface area contributed by atoms with Crippen molar-refractivity contribution in [3.8, 4) is 0 Å². The van der Waals surface area contributed by atoms with E-state index in [0.717, 1.165) is 0 Å². The molecule has 0 spiro atoms. The van der Waals surface area contributed by atoms with Gasteiger partial charge in [-0.3, -0.25) is 14.9 Å². The van der Waals surface area contributed by atoms with Crippen LogP contribution >= 0.6 is 11.6 Å². The fourth-order valence-electron chi connectivity index (χ4n) is 2.24. The molecule has 1 aromatic heterocycles. The van der Waals surface area contributed by atoms with Gasteiger partial charge in [-0.1, -0.05) is 11.6 Å². The molecule has 0 aliphatic rings. The number of aromatic nitrogens is 2. The molecule has 22 heavy (non-hydrogen) atoms. The lowest BCUT2D eigenvalue weighted by Gasteiger charge is -2.02. The lowest BCUT2D eigenvalue weighted by molar-refractivity contribution is -0.384. The normalized spacial score (nSPS) is 10.8. The van der Waals surface area contributed by atoms with Gasteiger partial charge in [0.1, 0.15) is 0 Å². The maximum atomic E-state index is 12.6. The van der Waals surface area contributed by atoms with E-state index in [9.17, 15) is 14.9 Å². The van der Waals surface area contributed by atoms with E-state index in [1.165, 1.54) is 16.8 Å². The topological polar surface area (TPSA) is 78.0 Å². The van der Waals surface area contributed by atoms with Gasteiger partial charge in [-0.15, -0.1) is 0 Å². The Morgan fingerprint density at radius 1 is 1.23 bits per heavy atom. The van der Waals surface area contributed by atoms with E-state index in [1.807, 2.05) is 0 Å². The number of aryl methyl sites for hydroxylation is 1. The fourth-order valence-corrected chi connectivity index (χ4v) is 2.37. The summed E-state index contributed by atoms with van der Waals surface area (Å²) >= 11 is 5.81. The minimum absolute atomic E-state index is 0.0856. The molecule has 0 N–H and O–H groups in total. The summed E-state index contributed by atoms with van der Waals surface area (Å²) in [5.41, 5.74) is 1.36. The molecule has 0 saturated carbocycles. The zero-order valence-electron chi connectivity index (χ0n) is 11.5. The summed E-state index contributed by atoms with van der Waals surface area (Å²) in [6.45, 7) is 1.75. The summed E-state index contributed by atoms with van der Waals surface area (Å²) in [6.07, 6.45) is 0. The number of non-ortho nitro benzene ring substituents is 1. The van der Waals surface area contributed by atoms with Crippen LogP contribution in [-0.2, 0) is 0 Å². The third kappa shape index (κ3) is 2.33. The average molecular weight is 316 g/mol. The third-order valence-electron chi connectivity index (χ3n) is 3.34. The first-order chi connectivity index (χ1) is 10.5. The lowest BCUT2D eigenvalue weighted by atomic mass is 10.2. The van der Waals surface area contributed by atoms with Crippen molar-refractivity contribution in [2.75, 3.05) is 0 Å². The number of hydrogen-bond donors (Lipinski definition) is 0. The lowest BCUT2D eigenvalue weighted by Crippen LogP contribution is -2.13. The Bertz CT molecular complexity index is 900. The van der Waals surface area contributed by atoms with Crippen LogP contribution < -0.4 is 0 Å². The van der Waals surface area contributed by atoms with Crippen LogP contribution in [0.5, 0.6) is 0 Å². The smallest absolute Gasteiger partial charge is 0.267 e. The largest absolute Gasteiger partial charge is 0.278 e. The first-order valence-electron chi connectivity index (χ1n) is 6.41. The molecule has 0 bridgehead atoms. The molecule has 7 heteroatoms. The van der Waals surface area contributed by atoms with E-state index in [0.29, 0.717) is 27.2 Å². The van der Waals surface area contributed by atoms with Crippen LogP contribution in [0, 0.1) is 17.0 Å². The van der Waals surface area contributed by atoms with Gasteiger partial charge in [0, 0.05) is 28.1 Å². The molecular formula is C15H10ClN3O3. The molecule has 3 rings (SSSR count). The Balaban J connectivity index is 2.17. The predicted octanol–water partition coefficient (Wildman–Crippen LogP) is 3.59. The summed E-state index contributed by atoms with van der Waals surface area (Å²) < 4.78 is 1.18. The van der Waals surface area contributed by atoms with Crippen LogP contribution in [0.25, 0.3) is 10.9 Å². The van der Waals surface area contributed by atoms with E-state index in [-0.39, 0.29) is 11.6 Å². The maximum Gasteiger partial charge on any atom is 0.278 e. The second-order valence-corrected chi connectivity index (χ2v) is 5.20. The van der Waals surface area contributed by atoms with Crippen molar-refractivity contribution in [3.63, 3.8) is 0 Å². The van der Waals surface area contributed by atoms with E-state index in [4.69, 9.17) is 11.6 Å². The van der Waals surface area contributed by atoms with Crippen LogP contribution in [0.4, 0.5) is 5.69 Å². The van der Waals surface area contributed by atoms with Gasteiger partial charge in [0.25, 0.3) is 11.6 Å². The molecule has 0 radical (unpaired) electrons. The van der Waals surface area contributed by atoms with Gasteiger partial charge in [0.2, 0.25) is 0 Å². The minimum atomic E-state index is -0.501. The van der Waals surface area contributed by atoms with Crippen LogP contribution in [-0.4, -0.2) is 20.6 Å². The van der Waals surface area contributed by atoms with Gasteiger partial charge >= 0.3 is 0 Å². The molecule has 2 aromatic carbocycles. The Kier molecular flexibility index (Phi) is 3.38. The molecule has 1 heterocycles. The molecule has 0 amide bonds. The molecule has 3 aromatic rings. The zero-order chi connectivity index (χ0) is 15.9. The van der Waals surface area contributed by atoms with Gasteiger partial charge in [0.15, 0.2) is 0 Å². The van der Waals surface area contributed by atoms with Crippen molar-refractivity contribution in [2.24, 2.45) is 0 Å². The van der Waals surface area contributed by atoms with Gasteiger partial charge < -0.3 is 0 Å². The third-order valence-corrected chi connectivity index (χ3v) is 3.60. The summed E-state index contributed by atoms with van der Waals surface area (Å²) in [5, 5.41) is 16.3. The summed E-state index contributed by atoms with van der Waals surface area (Å²) in [4.78, 5) is 23.0. The summed E-state index contributed by atoms with van der Waals surface area (Å²) in [6, 6.07) is 10.7. The number of nitro benzene ring substituents is 1. The molecule has 110 valence electrons. The standard InChI is InChI=1S/C15H10ClN3O3/c1-9-13-7-6-12(19(21)22)8-14(13)18(17-9)15(20)10-2-4-11(16)5-3-10/h2-8H,1H3. The van der Waals surface area contributed by atoms with Crippen LogP contribution in [0.3, 0.4) is 0 Å². The van der Waals surface area contributed by atoms with Crippen molar-refractivity contribution in [3.05, 3.63) is 68.9 Å². The highest BCUT2D eigenvalue weighted by Gasteiger charge is 2.18. The Labute approximate surface area is 130 Å². The van der Waals surface area contributed by atoms with Gasteiger partial charge in [-0.05, 0) is 37.3 Å². The number of carbonyl (C=O) groups is 1. The molecule has 0 saturated heterocycles. The van der Waals surface area contributed by atoms with Crippen molar-refractivity contribution in [1.29, 1.82) is 0 Å². The van der Waals surface area contributed by atoms with E-state index >= 15 is 0 Å². The van der Waals surface area contributed by atoms with E-state index in [1.54, 1.807) is 37.3 Å². The number of benzene rings is 2. The van der Waals surface area contributed by atoms with Crippen LogP contribution in [0.15, 0.2) is 42.5 Å². The zero-order valence-corrected chi connectivity index (χ0v) is 12.2. The first kappa shape index (κ1) is 14.2. The molecule has 0 aliphatic carbocycles. The number of nitro groups is 1. The minimum Gasteiger partial charge on any atom is -0.267 e. The number of nitrogens with zero attached hydrogens (tertiary/aromatic N) is 3. The van der Waals surface area contributed by atoms with E-state index in [2.05, 4.69) is 5.10 Å². The highest BCUT2D eigenvalue weighted by Crippen LogP contribution is 2.24. The highest BCUT2D eigenvalue weighted by molar-refractivity contribution is 6.30. The highest BCUT2D eigenvalue weighted by atomic mass is 35.5. The average Bonchev–Trinajstić information content (AvgIpc) is 2.84. The molecular weight excluding hydrogens is 306 g/mol. The van der Waals surface area contributed by atoms with Crippen molar-refractivity contribution < 1.29 is 9.72 Å². The van der Waals surface area contributed by atoms with Gasteiger partial charge in [-0.25, -0.2) is 0 Å². The predicted molar refractivity (Wildman–Crippen MR) is 82.3 cm³/mol. The summed E-state index contributed by atoms with van der Waals surface area (Å²) in [7, 11) is 0. The van der Waals surface area contributed by atoms with Crippen LogP contribution in [0.1, 0.15) is 16.1 Å². The number of hydrogen-bond acceptors (Lipinski definition) is 4. The second kappa shape index (κ2) is 5.23. The monoisotopic (exact) mass is 315 g/mol. The quantitative estimate of drug-likeness (QED) is 0.534. The maximum absolute atomic E-state index is 12.6. The number of carbonyl (C=O) groups excluding carboxylic acids is 1. The van der Waals surface area contributed by atoms with Crippen molar-refractivity contribution in [1.82, 2.24) is 9.78 Å². The molecule has 0 unspecified atom stereocenters. The van der Waals surface area contributed by atoms with Crippen LogP contribution in [0.2, 0.25) is 5.02 Å². The van der Waals surface area contributed by atoms with E-state index < -0.39 is 4.92 Å². The van der Waals surface area contributed by atoms with Crippen molar-refractivity contribution >= 4 is 34.1 Å². The number of fused-ring (bicyclic) bond motifs is 1. The van der Waals surface area contributed by atoms with Gasteiger partial charge in [0.05, 0.1) is 16.1 Å². The van der Waals surface area contributed by atoms with Gasteiger partial charge in [-0.2, -0.15) is 9.78 Å². The summed E-state index contributed by atoms with van der Waals surface area (Å²) in [5.74, 6) is -0.365. The Morgan fingerprint density at radius 3 is 2.55 bits per heavy atom.